The molecule has 2 aliphatic heterocycles. The number of hydrogen-bond acceptors (Lipinski definition) is 3. The summed E-state index contributed by atoms with van der Waals surface area (Å²) < 4.78 is 3.69. The van der Waals surface area contributed by atoms with E-state index in [2.05, 4.69) is 52.5 Å². The molecule has 0 amide bonds. The van der Waals surface area contributed by atoms with Gasteiger partial charge in [-0.1, -0.05) is 18.2 Å². The Morgan fingerprint density at radius 2 is 2.00 bits per heavy atom. The van der Waals surface area contributed by atoms with E-state index in [1.165, 1.54) is 32.5 Å². The third-order valence-corrected chi connectivity index (χ3v) is 6.70. The zero-order chi connectivity index (χ0) is 12.7. The molecule has 2 aromatic carbocycles. The van der Waals surface area contributed by atoms with Crippen LogP contribution in [0.2, 0.25) is 0 Å². The first kappa shape index (κ1) is 11.6. The SMILES string of the molecule is c1ccc2c(c1)C[SH](c1ccc3c(c1)NCCS3)N2. The fourth-order valence-electron chi connectivity index (χ4n) is 2.57. The quantitative estimate of drug-likeness (QED) is 0.689. The van der Waals surface area contributed by atoms with Gasteiger partial charge in [0.2, 0.25) is 0 Å². The van der Waals surface area contributed by atoms with E-state index in [0.29, 0.717) is 0 Å². The molecule has 1 atom stereocenters. The normalized spacial score (nSPS) is 22.0. The standard InChI is InChI=1S/C15H16N2S2/c1-2-4-13-11(3-1)10-19(17-13)12-5-6-15-14(9-12)16-7-8-18-15/h1-6,9,16-17,19H,7-8,10H2. The summed E-state index contributed by atoms with van der Waals surface area (Å²) in [5.74, 6) is 2.32. The molecular formula is C15H16N2S2. The fourth-order valence-corrected chi connectivity index (χ4v) is 5.51. The van der Waals surface area contributed by atoms with Crippen LogP contribution in [-0.4, -0.2) is 12.3 Å². The van der Waals surface area contributed by atoms with Gasteiger partial charge in [0.1, 0.15) is 0 Å². The molecule has 0 saturated heterocycles. The Hall–Kier alpha value is -1.26. The van der Waals surface area contributed by atoms with Gasteiger partial charge in [-0.25, -0.2) is 0 Å². The predicted molar refractivity (Wildman–Crippen MR) is 86.7 cm³/mol. The molecule has 1 unspecified atom stereocenters. The van der Waals surface area contributed by atoms with Crippen LogP contribution in [0.25, 0.3) is 0 Å². The number of para-hydroxylation sites is 1. The lowest BCUT2D eigenvalue weighted by molar-refractivity contribution is 1.15. The number of anilines is 2. The largest absolute Gasteiger partial charge is 0.383 e. The lowest BCUT2D eigenvalue weighted by Gasteiger charge is -2.22. The highest BCUT2D eigenvalue weighted by atomic mass is 32.2. The minimum Gasteiger partial charge on any atom is -0.383 e. The maximum Gasteiger partial charge on any atom is 0.0489 e. The van der Waals surface area contributed by atoms with Crippen molar-refractivity contribution in [2.45, 2.75) is 15.5 Å². The van der Waals surface area contributed by atoms with Gasteiger partial charge in [0.15, 0.2) is 0 Å². The number of thioether (sulfide) groups is 1. The van der Waals surface area contributed by atoms with E-state index in [0.717, 1.165) is 12.3 Å². The van der Waals surface area contributed by atoms with E-state index in [4.69, 9.17) is 0 Å². The molecule has 0 aliphatic carbocycles. The Labute approximate surface area is 120 Å². The second kappa shape index (κ2) is 4.69. The summed E-state index contributed by atoms with van der Waals surface area (Å²) in [6, 6.07) is 15.6. The molecule has 2 N–H and O–H groups in total. The molecule has 0 radical (unpaired) electrons. The van der Waals surface area contributed by atoms with Crippen molar-refractivity contribution in [3.05, 3.63) is 48.0 Å². The Morgan fingerprint density at radius 3 is 2.95 bits per heavy atom. The van der Waals surface area contributed by atoms with Gasteiger partial charge < -0.3 is 10.0 Å². The molecule has 98 valence electrons. The van der Waals surface area contributed by atoms with Crippen molar-refractivity contribution in [2.24, 2.45) is 0 Å². The summed E-state index contributed by atoms with van der Waals surface area (Å²) in [4.78, 5) is 2.83. The molecular weight excluding hydrogens is 272 g/mol. The zero-order valence-corrected chi connectivity index (χ0v) is 12.2. The van der Waals surface area contributed by atoms with Gasteiger partial charge in [-0.3, -0.25) is 0 Å². The summed E-state index contributed by atoms with van der Waals surface area (Å²) in [5.41, 5.74) is 4.08. The van der Waals surface area contributed by atoms with Crippen LogP contribution in [-0.2, 0) is 5.75 Å². The summed E-state index contributed by atoms with van der Waals surface area (Å²) in [7, 11) is 0. The van der Waals surface area contributed by atoms with E-state index in [1.807, 2.05) is 11.8 Å². The van der Waals surface area contributed by atoms with Gasteiger partial charge in [-0.2, -0.15) is 0 Å². The molecule has 0 saturated carbocycles. The minimum absolute atomic E-state index is 0.282. The molecule has 0 spiro atoms. The lowest BCUT2D eigenvalue weighted by Crippen LogP contribution is -2.10. The summed E-state index contributed by atoms with van der Waals surface area (Å²) >= 11 is 1.67. The molecule has 4 heteroatoms. The molecule has 4 rings (SSSR count). The smallest absolute Gasteiger partial charge is 0.0489 e. The number of benzene rings is 2. The number of rotatable bonds is 1. The molecule has 19 heavy (non-hydrogen) atoms. The fraction of sp³-hybridized carbons (Fsp3) is 0.200. The summed E-state index contributed by atoms with van der Waals surface area (Å²) in [5, 5.41) is 3.51. The summed E-state index contributed by atoms with van der Waals surface area (Å²) in [6.45, 7) is 1.08. The Balaban J connectivity index is 1.64. The van der Waals surface area contributed by atoms with E-state index < -0.39 is 0 Å². The Morgan fingerprint density at radius 1 is 1.05 bits per heavy atom. The number of thiol groups is 1. The van der Waals surface area contributed by atoms with Crippen LogP contribution < -0.4 is 10.0 Å². The highest BCUT2D eigenvalue weighted by Gasteiger charge is 2.19. The van der Waals surface area contributed by atoms with Gasteiger partial charge in [-0.05, 0) is 29.8 Å². The van der Waals surface area contributed by atoms with Crippen molar-refractivity contribution < 1.29 is 0 Å². The molecule has 0 fully saturated rings. The molecule has 2 nitrogen and oxygen atoms in total. The second-order valence-electron chi connectivity index (χ2n) is 4.81. The van der Waals surface area contributed by atoms with Crippen molar-refractivity contribution in [1.82, 2.24) is 0 Å². The number of hydrogen-bond donors (Lipinski definition) is 3. The van der Waals surface area contributed by atoms with Crippen molar-refractivity contribution in [2.75, 3.05) is 22.3 Å². The first-order valence-electron chi connectivity index (χ1n) is 6.53. The minimum atomic E-state index is -0.282. The lowest BCUT2D eigenvalue weighted by atomic mass is 10.2. The number of nitrogens with one attached hydrogen (secondary N) is 2. The summed E-state index contributed by atoms with van der Waals surface area (Å²) in [6.07, 6.45) is 0. The first-order valence-corrected chi connectivity index (χ1v) is 9.04. The maximum absolute atomic E-state index is 3.69. The van der Waals surface area contributed by atoms with Crippen LogP contribution in [0.4, 0.5) is 11.4 Å². The van der Waals surface area contributed by atoms with Gasteiger partial charge in [0.05, 0.1) is 0 Å². The number of fused-ring (bicyclic) bond motifs is 2. The van der Waals surface area contributed by atoms with Gasteiger partial charge in [0.25, 0.3) is 0 Å². The highest BCUT2D eigenvalue weighted by molar-refractivity contribution is 8.17. The molecule has 2 aliphatic rings. The Bertz CT molecular complexity index is 602. The topological polar surface area (TPSA) is 24.1 Å². The van der Waals surface area contributed by atoms with Gasteiger partial charge in [0, 0.05) is 39.2 Å². The molecule has 2 heterocycles. The van der Waals surface area contributed by atoms with Crippen molar-refractivity contribution in [1.29, 1.82) is 0 Å². The first-order chi connectivity index (χ1) is 9.40. The van der Waals surface area contributed by atoms with Crippen molar-refractivity contribution >= 4 is 34.2 Å². The highest BCUT2D eigenvalue weighted by Crippen LogP contribution is 2.49. The van der Waals surface area contributed by atoms with Crippen LogP contribution in [0.3, 0.4) is 0 Å². The van der Waals surface area contributed by atoms with Gasteiger partial charge in [-0.15, -0.1) is 22.8 Å². The average Bonchev–Trinajstić information content (AvgIpc) is 2.90. The van der Waals surface area contributed by atoms with Gasteiger partial charge >= 0.3 is 0 Å². The maximum atomic E-state index is 3.69. The van der Waals surface area contributed by atoms with Crippen LogP contribution in [0, 0.1) is 0 Å². The van der Waals surface area contributed by atoms with Crippen LogP contribution >= 0.6 is 22.8 Å². The van der Waals surface area contributed by atoms with Crippen molar-refractivity contribution in [3.63, 3.8) is 0 Å². The third-order valence-electron chi connectivity index (χ3n) is 3.55. The zero-order valence-electron chi connectivity index (χ0n) is 10.5. The van der Waals surface area contributed by atoms with Crippen molar-refractivity contribution in [3.8, 4) is 0 Å². The van der Waals surface area contributed by atoms with Crippen LogP contribution in [0.1, 0.15) is 5.56 Å². The second-order valence-corrected chi connectivity index (χ2v) is 7.86. The Kier molecular flexibility index (Phi) is 2.85. The average molecular weight is 288 g/mol. The van der Waals surface area contributed by atoms with E-state index in [-0.39, 0.29) is 11.1 Å². The van der Waals surface area contributed by atoms with E-state index in [9.17, 15) is 0 Å². The van der Waals surface area contributed by atoms with Crippen LogP contribution in [0.15, 0.2) is 52.3 Å². The molecule has 0 bridgehead atoms. The third kappa shape index (κ3) is 2.09. The van der Waals surface area contributed by atoms with E-state index >= 15 is 0 Å². The molecule has 2 aromatic rings. The van der Waals surface area contributed by atoms with E-state index in [1.54, 1.807) is 0 Å². The monoisotopic (exact) mass is 288 g/mol. The molecule has 0 aromatic heterocycles. The predicted octanol–water partition coefficient (Wildman–Crippen LogP) is 4.11. The van der Waals surface area contributed by atoms with Crippen LogP contribution in [0.5, 0.6) is 0 Å².